The number of nitrogens with one attached hydrogen (secondary N) is 3. The number of aromatic nitrogens is 3. The zero-order valence-electron chi connectivity index (χ0n) is 17.0. The second kappa shape index (κ2) is 10.4. The van der Waals surface area contributed by atoms with Gasteiger partial charge >= 0.3 is 0 Å². The second-order valence-corrected chi connectivity index (χ2v) is 7.57. The predicted octanol–water partition coefficient (Wildman–Crippen LogP) is 4.53. The van der Waals surface area contributed by atoms with E-state index in [0.29, 0.717) is 36.2 Å². The number of amides is 1. The van der Waals surface area contributed by atoms with Crippen LogP contribution in [0.2, 0.25) is 10.0 Å². The lowest BCUT2D eigenvalue weighted by Gasteiger charge is -2.12. The molecular formula is C21H22Cl2N6O2. The van der Waals surface area contributed by atoms with Crippen molar-refractivity contribution >= 4 is 52.4 Å². The molecule has 1 atom stereocenters. The van der Waals surface area contributed by atoms with Crippen molar-refractivity contribution < 1.29 is 9.90 Å². The van der Waals surface area contributed by atoms with E-state index in [2.05, 4.69) is 30.9 Å². The van der Waals surface area contributed by atoms with Gasteiger partial charge in [0, 0.05) is 36.3 Å². The molecule has 8 nitrogen and oxygen atoms in total. The van der Waals surface area contributed by atoms with Crippen molar-refractivity contribution in [2.75, 3.05) is 22.5 Å². The third-order valence-electron chi connectivity index (χ3n) is 4.16. The zero-order valence-corrected chi connectivity index (χ0v) is 18.5. The van der Waals surface area contributed by atoms with Crippen molar-refractivity contribution in [1.29, 1.82) is 0 Å². The van der Waals surface area contributed by atoms with Crippen molar-refractivity contribution in [3.63, 3.8) is 0 Å². The molecule has 2 aromatic heterocycles. The van der Waals surface area contributed by atoms with Gasteiger partial charge in [-0.15, -0.1) is 0 Å². The average Bonchev–Trinajstić information content (AvgIpc) is 2.72. The second-order valence-electron chi connectivity index (χ2n) is 6.76. The van der Waals surface area contributed by atoms with Crippen molar-refractivity contribution in [2.24, 2.45) is 0 Å². The smallest absolute Gasteiger partial charge is 0.258 e. The van der Waals surface area contributed by atoms with E-state index in [1.54, 1.807) is 43.5 Å². The van der Waals surface area contributed by atoms with Crippen LogP contribution >= 0.6 is 23.2 Å². The number of nitrogens with zero attached hydrogens (tertiary/aromatic N) is 3. The fourth-order valence-corrected chi connectivity index (χ4v) is 3.25. The fourth-order valence-electron chi connectivity index (χ4n) is 2.68. The number of hydrogen-bond donors (Lipinski definition) is 4. The van der Waals surface area contributed by atoms with Gasteiger partial charge in [-0.05, 0) is 31.5 Å². The van der Waals surface area contributed by atoms with Crippen molar-refractivity contribution in [2.45, 2.75) is 26.4 Å². The van der Waals surface area contributed by atoms with Crippen molar-refractivity contribution in [1.82, 2.24) is 15.0 Å². The lowest BCUT2D eigenvalue weighted by molar-refractivity contribution is 0.102. The van der Waals surface area contributed by atoms with Gasteiger partial charge < -0.3 is 21.1 Å². The molecule has 31 heavy (non-hydrogen) atoms. The highest BCUT2D eigenvalue weighted by Crippen LogP contribution is 2.26. The summed E-state index contributed by atoms with van der Waals surface area (Å²) in [5, 5.41) is 18.9. The minimum atomic E-state index is -0.529. The Kier molecular flexibility index (Phi) is 7.62. The average molecular weight is 461 g/mol. The molecule has 0 radical (unpaired) electrons. The largest absolute Gasteiger partial charge is 0.392 e. The number of carbonyl (C=O) groups is 1. The zero-order chi connectivity index (χ0) is 22.4. The molecule has 162 valence electrons. The van der Waals surface area contributed by atoms with E-state index in [4.69, 9.17) is 23.2 Å². The van der Waals surface area contributed by atoms with Crippen LogP contribution in [0.25, 0.3) is 0 Å². The summed E-state index contributed by atoms with van der Waals surface area (Å²) in [5.41, 5.74) is 1.54. The Morgan fingerprint density at radius 2 is 1.87 bits per heavy atom. The summed E-state index contributed by atoms with van der Waals surface area (Å²) in [6, 6.07) is 10.0. The molecule has 0 aliphatic heterocycles. The summed E-state index contributed by atoms with van der Waals surface area (Å²) < 4.78 is 0. The van der Waals surface area contributed by atoms with E-state index in [-0.39, 0.29) is 15.6 Å². The maximum Gasteiger partial charge on any atom is 0.258 e. The Bertz CT molecular complexity index is 1060. The van der Waals surface area contributed by atoms with Gasteiger partial charge in [-0.2, -0.15) is 4.98 Å². The highest BCUT2D eigenvalue weighted by molar-refractivity contribution is 6.40. The summed E-state index contributed by atoms with van der Waals surface area (Å²) in [5.74, 6) is 0.989. The number of aryl methyl sites for hydroxylation is 1. The maximum absolute atomic E-state index is 12.6. The third-order valence-corrected chi connectivity index (χ3v) is 4.79. The molecule has 1 aromatic carbocycles. The Labute approximate surface area is 190 Å². The van der Waals surface area contributed by atoms with Gasteiger partial charge in [0.15, 0.2) is 0 Å². The van der Waals surface area contributed by atoms with Crippen LogP contribution in [0, 0.1) is 0 Å². The number of anilines is 4. The van der Waals surface area contributed by atoms with Crippen LogP contribution < -0.4 is 16.0 Å². The van der Waals surface area contributed by atoms with Gasteiger partial charge in [-0.25, -0.2) is 9.97 Å². The molecule has 2 heterocycles. The first-order valence-electron chi connectivity index (χ1n) is 9.64. The number of aliphatic hydroxyl groups is 1. The van der Waals surface area contributed by atoms with Gasteiger partial charge in [0.25, 0.3) is 5.91 Å². The first-order valence-corrected chi connectivity index (χ1v) is 10.4. The number of carbonyl (C=O) groups excluding carboxylic acids is 1. The van der Waals surface area contributed by atoms with Crippen molar-refractivity contribution in [3.05, 3.63) is 63.9 Å². The van der Waals surface area contributed by atoms with Crippen LogP contribution in [0.3, 0.4) is 0 Å². The number of halogens is 2. The SMILES string of the molecule is CCc1cc(Nc2cc(NC(=O)c3c(Cl)cccc3Cl)ccn2)nc(NCC(C)O)n1. The number of aliphatic hydroxyl groups excluding tert-OH is 1. The van der Waals surface area contributed by atoms with Gasteiger partial charge in [0.2, 0.25) is 5.95 Å². The normalized spacial score (nSPS) is 11.6. The summed E-state index contributed by atoms with van der Waals surface area (Å²) >= 11 is 12.2. The molecule has 0 fully saturated rings. The first kappa shape index (κ1) is 22.7. The highest BCUT2D eigenvalue weighted by Gasteiger charge is 2.15. The standard InChI is InChI=1S/C21H22Cl2N6O2/c1-3-13-9-18(29-21(27-13)25-11-12(2)30)28-17-10-14(7-8-24-17)26-20(31)19-15(22)5-4-6-16(19)23/h4-10,12,30H,3,11H2,1-2H3,(H3,24,25,26,27,28,29,31). The number of pyridine rings is 1. The molecule has 10 heteroatoms. The van der Waals surface area contributed by atoms with Crippen LogP contribution in [0.5, 0.6) is 0 Å². The Hall–Kier alpha value is -2.94. The minimum Gasteiger partial charge on any atom is -0.392 e. The van der Waals surface area contributed by atoms with Gasteiger partial charge in [0.05, 0.1) is 21.7 Å². The first-order chi connectivity index (χ1) is 14.9. The Morgan fingerprint density at radius 3 is 2.55 bits per heavy atom. The molecule has 3 rings (SSSR count). The molecule has 1 amide bonds. The van der Waals surface area contributed by atoms with Crippen LogP contribution in [0.15, 0.2) is 42.6 Å². The lowest BCUT2D eigenvalue weighted by atomic mass is 10.2. The van der Waals surface area contributed by atoms with E-state index < -0.39 is 12.0 Å². The van der Waals surface area contributed by atoms with Crippen LogP contribution in [0.4, 0.5) is 23.3 Å². The fraction of sp³-hybridized carbons (Fsp3) is 0.238. The number of rotatable bonds is 8. The Balaban J connectivity index is 1.77. The summed E-state index contributed by atoms with van der Waals surface area (Å²) in [7, 11) is 0. The van der Waals surface area contributed by atoms with Crippen LogP contribution in [-0.2, 0) is 6.42 Å². The maximum atomic E-state index is 12.6. The van der Waals surface area contributed by atoms with E-state index in [1.165, 1.54) is 0 Å². The predicted molar refractivity (Wildman–Crippen MR) is 124 cm³/mol. The van der Waals surface area contributed by atoms with Gasteiger partial charge in [-0.1, -0.05) is 36.2 Å². The molecule has 0 bridgehead atoms. The summed E-state index contributed by atoms with van der Waals surface area (Å²) in [4.78, 5) is 25.7. The van der Waals surface area contributed by atoms with Gasteiger partial charge in [0.1, 0.15) is 11.6 Å². The van der Waals surface area contributed by atoms with Crippen LogP contribution in [0.1, 0.15) is 29.9 Å². The van der Waals surface area contributed by atoms with E-state index in [9.17, 15) is 9.90 Å². The number of hydrogen-bond acceptors (Lipinski definition) is 7. The molecular weight excluding hydrogens is 439 g/mol. The molecule has 0 saturated heterocycles. The van der Waals surface area contributed by atoms with Gasteiger partial charge in [-0.3, -0.25) is 4.79 Å². The quantitative estimate of drug-likeness (QED) is 0.390. The molecule has 0 aliphatic carbocycles. The molecule has 1 unspecified atom stereocenters. The molecule has 3 aromatic rings. The van der Waals surface area contributed by atoms with E-state index in [0.717, 1.165) is 5.69 Å². The Morgan fingerprint density at radius 1 is 1.13 bits per heavy atom. The topological polar surface area (TPSA) is 112 Å². The summed E-state index contributed by atoms with van der Waals surface area (Å²) in [6.07, 6.45) is 1.74. The van der Waals surface area contributed by atoms with Crippen LogP contribution in [-0.4, -0.2) is 38.6 Å². The highest BCUT2D eigenvalue weighted by atomic mass is 35.5. The summed E-state index contributed by atoms with van der Waals surface area (Å²) in [6.45, 7) is 3.99. The minimum absolute atomic E-state index is 0.203. The molecule has 0 aliphatic rings. The van der Waals surface area contributed by atoms with Crippen molar-refractivity contribution in [3.8, 4) is 0 Å². The molecule has 0 spiro atoms. The number of benzene rings is 1. The van der Waals surface area contributed by atoms with E-state index in [1.807, 2.05) is 13.0 Å². The molecule has 0 saturated carbocycles. The third kappa shape index (κ3) is 6.27. The van der Waals surface area contributed by atoms with E-state index >= 15 is 0 Å². The monoisotopic (exact) mass is 460 g/mol. The lowest BCUT2D eigenvalue weighted by Crippen LogP contribution is -2.17. The molecule has 4 N–H and O–H groups in total.